The summed E-state index contributed by atoms with van der Waals surface area (Å²) in [6, 6.07) is 22.9. The Morgan fingerprint density at radius 2 is 0.722 bits per heavy atom. The molecule has 0 aliphatic rings. The first-order valence-corrected chi connectivity index (χ1v) is 13.7. The first kappa shape index (κ1) is 81.0. The number of hydrogen-bond donors (Lipinski definition) is 2. The number of pyridine rings is 4. The van der Waals surface area contributed by atoms with Crippen LogP contribution in [0.1, 0.15) is 30.6 Å². The Morgan fingerprint density at radius 3 is 0.981 bits per heavy atom. The molecule has 0 amide bonds. The van der Waals surface area contributed by atoms with Crippen LogP contribution in [0.5, 0.6) is 0 Å². The molecule has 0 unspecified atom stereocenters. The Kier molecular flexibility index (Phi) is 80.8. The fraction of sp³-hybridized carbons (Fsp3) is 0.289. The van der Waals surface area contributed by atoms with Crippen LogP contribution in [0.3, 0.4) is 0 Å². The zero-order valence-electron chi connectivity index (χ0n) is 32.3. The van der Waals surface area contributed by atoms with Crippen LogP contribution >= 0.6 is 0 Å². The summed E-state index contributed by atoms with van der Waals surface area (Å²) in [5.74, 6) is 0. The van der Waals surface area contributed by atoms with Gasteiger partial charge in [0, 0.05) is 112 Å². The number of aliphatic hydroxyl groups excluding tert-OH is 2. The molecule has 4 radical (unpaired) electrons. The minimum atomic E-state index is -0.539. The van der Waals surface area contributed by atoms with Crippen molar-refractivity contribution in [2.75, 3.05) is 26.2 Å². The van der Waals surface area contributed by atoms with Crippen LogP contribution in [0.15, 0.2) is 97.6 Å². The van der Waals surface area contributed by atoms with Crippen LogP contribution in [-0.2, 0) is 108 Å². The van der Waals surface area contributed by atoms with Crippen LogP contribution in [0.4, 0.5) is 0 Å². The summed E-state index contributed by atoms with van der Waals surface area (Å²) in [6.45, 7) is 4.00. The molecule has 0 saturated heterocycles. The van der Waals surface area contributed by atoms with Crippen molar-refractivity contribution in [2.24, 2.45) is 0 Å². The Morgan fingerprint density at radius 1 is 0.463 bits per heavy atom. The van der Waals surface area contributed by atoms with Crippen molar-refractivity contribution in [3.63, 3.8) is 0 Å². The molecule has 4 heterocycles. The van der Waals surface area contributed by atoms with Crippen molar-refractivity contribution in [3.8, 4) is 0 Å². The molecule has 0 spiro atoms. The Bertz CT molecular complexity index is 1150. The third-order valence-corrected chi connectivity index (χ3v) is 5.64. The molecule has 4 rings (SSSR count). The minimum absolute atomic E-state index is 0. The third kappa shape index (κ3) is 40.4. The van der Waals surface area contributed by atoms with Gasteiger partial charge in [0.05, 0.1) is 0 Å². The Hall–Kier alpha value is -1.25. The van der Waals surface area contributed by atoms with Gasteiger partial charge < -0.3 is 102 Å². The van der Waals surface area contributed by atoms with Gasteiger partial charge in [0.1, 0.15) is 0 Å². The van der Waals surface area contributed by atoms with Crippen molar-refractivity contribution in [1.82, 2.24) is 19.9 Å². The second kappa shape index (κ2) is 53.8. The van der Waals surface area contributed by atoms with E-state index in [1.165, 1.54) is 0 Å². The molecule has 4 N–H and O–H groups in total. The van der Waals surface area contributed by atoms with Gasteiger partial charge in [-0.3, -0.25) is 19.9 Å². The first-order chi connectivity index (χ1) is 20.2. The fourth-order valence-electron chi connectivity index (χ4n) is 3.53. The fourth-order valence-corrected chi connectivity index (χ4v) is 3.53. The largest absolute Gasteiger partial charge is 2.00 e. The standard InChI is InChI=1S/C16H20N4O.C15H18N4O.7CH3.4Cu.H2O.S.H2/c21-16(13-18-12-15-6-2-4-9-20-15)7-10-17-11-14-5-1-3-8-19-14;20-15(11-16-9-13-5-1-3-7-18-13)12-17-10-14-6-2-4-8-19-14;;;;;;;;;;;;;;/h1-6,8-9,16,21H,7,10-13H2;1-8,15,20H,9-12H2;7*1H3;;;;;1H2;;1H/q2*-2;7*-1;;;;+2;;-2;/t16-;;;;;;;;;;;;;;;/m0.............../s1. The average molecular weight is 966 g/mol. The maximum Gasteiger partial charge on any atom is 2.00 e. The summed E-state index contributed by atoms with van der Waals surface area (Å²) in [7, 11) is 0. The quantitative estimate of drug-likeness (QED) is 0.0628. The van der Waals surface area contributed by atoms with Gasteiger partial charge in [-0.15, -0.1) is 52.4 Å². The van der Waals surface area contributed by atoms with E-state index in [9.17, 15) is 10.2 Å². The molecule has 54 heavy (non-hydrogen) atoms. The third-order valence-electron chi connectivity index (χ3n) is 5.64. The minimum Gasteiger partial charge on any atom is -2.00 e. The molecule has 0 aliphatic heterocycles. The van der Waals surface area contributed by atoms with Gasteiger partial charge in [0.2, 0.25) is 0 Å². The summed E-state index contributed by atoms with van der Waals surface area (Å²) in [5, 5.41) is 36.9. The van der Waals surface area contributed by atoms with Gasteiger partial charge in [-0.1, -0.05) is 24.3 Å². The molecule has 0 fully saturated rings. The van der Waals surface area contributed by atoms with Gasteiger partial charge in [0.25, 0.3) is 0 Å². The molecule has 11 nitrogen and oxygen atoms in total. The van der Waals surface area contributed by atoms with E-state index in [1.807, 2.05) is 72.8 Å². The molecule has 16 heteroatoms. The van der Waals surface area contributed by atoms with Gasteiger partial charge in [-0.2, -0.15) is 0 Å². The molecule has 0 bridgehead atoms. The van der Waals surface area contributed by atoms with E-state index in [4.69, 9.17) is 0 Å². The van der Waals surface area contributed by atoms with Crippen molar-refractivity contribution in [2.45, 2.75) is 44.8 Å². The van der Waals surface area contributed by atoms with Crippen molar-refractivity contribution < 1.29 is 85.4 Å². The average Bonchev–Trinajstić information content (AvgIpc) is 3.02. The molecule has 4 aromatic rings. The molecule has 0 aliphatic carbocycles. The zero-order chi connectivity index (χ0) is 28.8. The summed E-state index contributed by atoms with van der Waals surface area (Å²) < 4.78 is 0. The van der Waals surface area contributed by atoms with Gasteiger partial charge >= 0.3 is 17.1 Å². The molecular weight excluding hydrogens is 903 g/mol. The topological polar surface area (TPSA) is 180 Å². The van der Waals surface area contributed by atoms with Gasteiger partial charge in [0.15, 0.2) is 0 Å². The summed E-state index contributed by atoms with van der Waals surface area (Å²) >= 11 is 0. The zero-order valence-corrected chi connectivity index (χ0v) is 36.9. The summed E-state index contributed by atoms with van der Waals surface area (Å²) in [6.07, 6.45) is 6.63. The molecule has 4 aromatic heterocycles. The molecule has 0 saturated carbocycles. The molecule has 1 atom stereocenters. The van der Waals surface area contributed by atoms with Crippen molar-refractivity contribution in [1.29, 1.82) is 0 Å². The van der Waals surface area contributed by atoms with E-state index in [-0.39, 0.29) is 141 Å². The number of rotatable bonds is 17. The van der Waals surface area contributed by atoms with Crippen LogP contribution in [0.2, 0.25) is 0 Å². The second-order valence-electron chi connectivity index (χ2n) is 9.18. The number of aromatic nitrogens is 4. The van der Waals surface area contributed by atoms with Crippen LogP contribution in [-0.4, -0.2) is 74.0 Å². The number of hydrogen-bond acceptors (Lipinski definition) is 6. The van der Waals surface area contributed by atoms with E-state index in [2.05, 4.69) is 41.2 Å². The Balaban J connectivity index is -0.0000000536. The molecular formula is C38H63Cu4N8O3S-11. The van der Waals surface area contributed by atoms with E-state index >= 15 is 0 Å². The summed E-state index contributed by atoms with van der Waals surface area (Å²) in [5.41, 5.74) is 3.69. The van der Waals surface area contributed by atoms with E-state index in [1.54, 1.807) is 24.8 Å². The van der Waals surface area contributed by atoms with E-state index < -0.39 is 12.2 Å². The van der Waals surface area contributed by atoms with Gasteiger partial charge in [-0.25, -0.2) is 0 Å². The van der Waals surface area contributed by atoms with Crippen molar-refractivity contribution in [3.05, 3.63) is 194 Å². The first-order valence-electron chi connectivity index (χ1n) is 13.7. The Labute approximate surface area is 380 Å². The maximum absolute atomic E-state index is 9.83. The normalized spacial score (nSPS) is 8.80. The predicted molar refractivity (Wildman–Crippen MR) is 219 cm³/mol. The SMILES string of the molecule is O.OC(C[N-]Cc1ccccn1)C[N-]Cc1ccccn1.O[C@@H](CC[N-]Cc1ccccn1)C[N-]Cc1ccccn1.[CH3-].[CH3-].[CH3-].[CH3-].[CH3-].[CH3-].[CH3-].[Cu+2].[Cu].[Cu].[Cu].[HH].[S-2]. The monoisotopic (exact) mass is 963 g/mol. The summed E-state index contributed by atoms with van der Waals surface area (Å²) in [4.78, 5) is 16.7. The molecule has 0 aromatic carbocycles. The van der Waals surface area contributed by atoms with E-state index in [0.717, 1.165) is 22.8 Å². The van der Waals surface area contributed by atoms with Crippen LogP contribution < -0.4 is 0 Å². The number of aliphatic hydroxyl groups is 2. The number of nitrogens with zero attached hydrogens (tertiary/aromatic N) is 8. The van der Waals surface area contributed by atoms with Crippen molar-refractivity contribution >= 4 is 13.5 Å². The van der Waals surface area contributed by atoms with Crippen LogP contribution in [0.25, 0.3) is 21.3 Å². The molecule has 334 valence electrons. The smallest absolute Gasteiger partial charge is 2.00 e. The predicted octanol–water partition coefficient (Wildman–Crippen LogP) is 7.52. The van der Waals surface area contributed by atoms with Gasteiger partial charge in [-0.05, 0) is 55.0 Å². The van der Waals surface area contributed by atoms with E-state index in [0.29, 0.717) is 58.8 Å². The maximum atomic E-state index is 9.83. The second-order valence-corrected chi connectivity index (χ2v) is 9.18. The van der Waals surface area contributed by atoms with Crippen LogP contribution in [0, 0.1) is 52.0 Å².